The lowest BCUT2D eigenvalue weighted by Crippen LogP contribution is -2.42. The Hall–Kier alpha value is -3.00. The standard InChI is InChI=1S/C24H30N4O4/c1-32-12-4-9-28-15-18(14-21(28)29)24(31)27-10-7-16(8-11-27)22-19(23(25)30)13-17-5-2-3-6-20(17)26-22/h2-3,5-6,13,16,18H,4,7-12,14-15H2,1H3,(H2,25,30). The van der Waals surface area contributed by atoms with Crippen molar-refractivity contribution in [3.8, 4) is 0 Å². The fraction of sp³-hybridized carbons (Fsp3) is 0.500. The third kappa shape index (κ3) is 4.60. The molecule has 1 atom stereocenters. The number of pyridine rings is 1. The van der Waals surface area contributed by atoms with Crippen LogP contribution >= 0.6 is 0 Å². The van der Waals surface area contributed by atoms with Gasteiger partial charge in [-0.2, -0.15) is 0 Å². The maximum atomic E-state index is 13.0. The van der Waals surface area contributed by atoms with E-state index in [9.17, 15) is 14.4 Å². The monoisotopic (exact) mass is 438 g/mol. The van der Waals surface area contributed by atoms with Gasteiger partial charge in [0.1, 0.15) is 0 Å². The van der Waals surface area contributed by atoms with Gasteiger partial charge < -0.3 is 20.3 Å². The first-order chi connectivity index (χ1) is 15.5. The summed E-state index contributed by atoms with van der Waals surface area (Å²) >= 11 is 0. The molecule has 3 amide bonds. The normalized spacial score (nSPS) is 19.7. The van der Waals surface area contributed by atoms with Gasteiger partial charge in [0.05, 0.1) is 22.7 Å². The number of fused-ring (bicyclic) bond motifs is 1. The van der Waals surface area contributed by atoms with Gasteiger partial charge in [-0.3, -0.25) is 19.4 Å². The number of methoxy groups -OCH3 is 1. The molecule has 0 radical (unpaired) electrons. The van der Waals surface area contributed by atoms with Crippen molar-refractivity contribution in [2.24, 2.45) is 11.7 Å². The number of hydrogen-bond acceptors (Lipinski definition) is 5. The predicted octanol–water partition coefficient (Wildman–Crippen LogP) is 1.92. The third-order valence-electron chi connectivity index (χ3n) is 6.55. The van der Waals surface area contributed by atoms with Gasteiger partial charge in [-0.1, -0.05) is 18.2 Å². The molecule has 170 valence electrons. The highest BCUT2D eigenvalue weighted by Crippen LogP contribution is 2.32. The number of amides is 3. The molecule has 2 saturated heterocycles. The molecule has 2 aliphatic rings. The molecule has 0 aliphatic carbocycles. The van der Waals surface area contributed by atoms with Crippen molar-refractivity contribution in [2.75, 3.05) is 39.9 Å². The van der Waals surface area contributed by atoms with Crippen LogP contribution in [0.3, 0.4) is 0 Å². The molecule has 2 aliphatic heterocycles. The number of benzene rings is 1. The second-order valence-corrected chi connectivity index (χ2v) is 8.66. The van der Waals surface area contributed by atoms with Gasteiger partial charge in [0.2, 0.25) is 11.8 Å². The summed E-state index contributed by atoms with van der Waals surface area (Å²) in [4.78, 5) is 45.8. The number of para-hydroxylation sites is 1. The Morgan fingerprint density at radius 1 is 1.22 bits per heavy atom. The fourth-order valence-corrected chi connectivity index (χ4v) is 4.82. The number of carbonyl (C=O) groups excluding carboxylic acids is 3. The number of nitrogens with zero attached hydrogens (tertiary/aromatic N) is 3. The van der Waals surface area contributed by atoms with Gasteiger partial charge in [-0.15, -0.1) is 0 Å². The van der Waals surface area contributed by atoms with E-state index in [-0.39, 0.29) is 30.1 Å². The van der Waals surface area contributed by atoms with Gasteiger partial charge in [0, 0.05) is 57.6 Å². The number of aromatic nitrogens is 1. The van der Waals surface area contributed by atoms with Crippen LogP contribution in [0.5, 0.6) is 0 Å². The van der Waals surface area contributed by atoms with E-state index in [0.29, 0.717) is 38.3 Å². The highest BCUT2D eigenvalue weighted by atomic mass is 16.5. The third-order valence-corrected chi connectivity index (χ3v) is 6.55. The molecule has 1 aromatic heterocycles. The summed E-state index contributed by atoms with van der Waals surface area (Å²) < 4.78 is 5.05. The largest absolute Gasteiger partial charge is 0.385 e. The van der Waals surface area contributed by atoms with Crippen molar-refractivity contribution in [3.63, 3.8) is 0 Å². The van der Waals surface area contributed by atoms with Gasteiger partial charge in [0.15, 0.2) is 0 Å². The molecular formula is C24H30N4O4. The molecule has 4 rings (SSSR count). The zero-order chi connectivity index (χ0) is 22.7. The Kier molecular flexibility index (Phi) is 6.69. The minimum Gasteiger partial charge on any atom is -0.385 e. The molecule has 0 saturated carbocycles. The molecule has 8 heteroatoms. The predicted molar refractivity (Wildman–Crippen MR) is 120 cm³/mol. The van der Waals surface area contributed by atoms with E-state index >= 15 is 0 Å². The van der Waals surface area contributed by atoms with Crippen LogP contribution in [0, 0.1) is 5.92 Å². The molecule has 1 unspecified atom stereocenters. The smallest absolute Gasteiger partial charge is 0.250 e. The quantitative estimate of drug-likeness (QED) is 0.665. The molecule has 0 spiro atoms. The number of likely N-dealkylation sites (tertiary alicyclic amines) is 2. The Morgan fingerprint density at radius 2 is 1.97 bits per heavy atom. The number of ether oxygens (including phenoxy) is 1. The van der Waals surface area contributed by atoms with Crippen LogP contribution in [0.2, 0.25) is 0 Å². The Balaban J connectivity index is 1.40. The molecule has 0 bridgehead atoms. The Labute approximate surface area is 187 Å². The van der Waals surface area contributed by atoms with Crippen molar-refractivity contribution in [1.29, 1.82) is 0 Å². The minimum absolute atomic E-state index is 0.0424. The Morgan fingerprint density at radius 3 is 2.69 bits per heavy atom. The highest BCUT2D eigenvalue weighted by Gasteiger charge is 2.37. The van der Waals surface area contributed by atoms with Crippen molar-refractivity contribution in [1.82, 2.24) is 14.8 Å². The van der Waals surface area contributed by atoms with Crippen LogP contribution in [0.25, 0.3) is 10.9 Å². The number of nitrogens with two attached hydrogens (primary N) is 1. The summed E-state index contributed by atoms with van der Waals surface area (Å²) in [5, 5.41) is 0.888. The SMILES string of the molecule is COCCCN1CC(C(=O)N2CCC(c3nc4ccccc4cc3C(N)=O)CC2)CC1=O. The second-order valence-electron chi connectivity index (χ2n) is 8.66. The van der Waals surface area contributed by atoms with Gasteiger partial charge in [0.25, 0.3) is 5.91 Å². The number of primary amides is 1. The van der Waals surface area contributed by atoms with Crippen LogP contribution in [-0.4, -0.2) is 72.4 Å². The lowest BCUT2D eigenvalue weighted by molar-refractivity contribution is -0.136. The van der Waals surface area contributed by atoms with Crippen LogP contribution < -0.4 is 5.73 Å². The van der Waals surface area contributed by atoms with Gasteiger partial charge in [-0.25, -0.2) is 0 Å². The lowest BCUT2D eigenvalue weighted by Gasteiger charge is -2.33. The number of hydrogen-bond donors (Lipinski definition) is 1. The number of rotatable bonds is 7. The van der Waals surface area contributed by atoms with Crippen molar-refractivity contribution >= 4 is 28.6 Å². The van der Waals surface area contributed by atoms with Crippen LogP contribution in [0.15, 0.2) is 30.3 Å². The van der Waals surface area contributed by atoms with E-state index in [4.69, 9.17) is 15.5 Å². The average molecular weight is 439 g/mol. The van der Waals surface area contributed by atoms with Gasteiger partial charge >= 0.3 is 0 Å². The maximum Gasteiger partial charge on any atom is 0.250 e. The van der Waals surface area contributed by atoms with E-state index in [0.717, 1.165) is 35.9 Å². The Bertz CT molecular complexity index is 1020. The van der Waals surface area contributed by atoms with Crippen molar-refractivity contribution in [2.45, 2.75) is 31.6 Å². The van der Waals surface area contributed by atoms with E-state index in [1.807, 2.05) is 35.2 Å². The minimum atomic E-state index is -0.477. The summed E-state index contributed by atoms with van der Waals surface area (Å²) in [6, 6.07) is 9.50. The van der Waals surface area contributed by atoms with E-state index in [1.54, 1.807) is 12.0 Å². The molecule has 3 heterocycles. The summed E-state index contributed by atoms with van der Waals surface area (Å²) in [6.45, 7) is 2.89. The molecule has 2 aromatic rings. The first-order valence-corrected chi connectivity index (χ1v) is 11.2. The van der Waals surface area contributed by atoms with Crippen LogP contribution in [0.4, 0.5) is 0 Å². The maximum absolute atomic E-state index is 13.0. The molecular weight excluding hydrogens is 408 g/mol. The molecule has 2 N–H and O–H groups in total. The van der Waals surface area contributed by atoms with E-state index in [2.05, 4.69) is 0 Å². The summed E-state index contributed by atoms with van der Waals surface area (Å²) in [5.74, 6) is -0.591. The van der Waals surface area contributed by atoms with Gasteiger partial charge in [-0.05, 0) is 31.4 Å². The first-order valence-electron chi connectivity index (χ1n) is 11.2. The highest BCUT2D eigenvalue weighted by molar-refractivity contribution is 5.98. The molecule has 32 heavy (non-hydrogen) atoms. The molecule has 2 fully saturated rings. The van der Waals surface area contributed by atoms with E-state index in [1.165, 1.54) is 0 Å². The first kappa shape index (κ1) is 22.2. The number of carbonyl (C=O) groups is 3. The fourth-order valence-electron chi connectivity index (χ4n) is 4.82. The van der Waals surface area contributed by atoms with Crippen molar-refractivity contribution < 1.29 is 19.1 Å². The summed E-state index contributed by atoms with van der Waals surface area (Å²) in [7, 11) is 1.64. The number of piperidine rings is 1. The molecule has 8 nitrogen and oxygen atoms in total. The second kappa shape index (κ2) is 9.65. The van der Waals surface area contributed by atoms with Crippen LogP contribution in [-0.2, 0) is 14.3 Å². The zero-order valence-electron chi connectivity index (χ0n) is 18.5. The molecule has 1 aromatic carbocycles. The average Bonchev–Trinajstić information content (AvgIpc) is 3.18. The summed E-state index contributed by atoms with van der Waals surface area (Å²) in [6.07, 6.45) is 2.49. The zero-order valence-corrected chi connectivity index (χ0v) is 18.5. The van der Waals surface area contributed by atoms with Crippen molar-refractivity contribution in [3.05, 3.63) is 41.6 Å². The van der Waals surface area contributed by atoms with Crippen LogP contribution in [0.1, 0.15) is 47.7 Å². The lowest BCUT2D eigenvalue weighted by atomic mass is 9.89. The summed E-state index contributed by atoms with van der Waals surface area (Å²) in [5.41, 5.74) is 7.67. The van der Waals surface area contributed by atoms with E-state index < -0.39 is 5.91 Å². The topological polar surface area (TPSA) is 106 Å².